The molecule has 2 aromatic rings. The predicted octanol–water partition coefficient (Wildman–Crippen LogP) is 4.00. The van der Waals surface area contributed by atoms with Gasteiger partial charge in [-0.05, 0) is 43.9 Å². The molecule has 1 aliphatic heterocycles. The summed E-state index contributed by atoms with van der Waals surface area (Å²) in [5.74, 6) is 0.442. The van der Waals surface area contributed by atoms with Gasteiger partial charge in [-0.15, -0.1) is 0 Å². The summed E-state index contributed by atoms with van der Waals surface area (Å²) in [6.45, 7) is 4.96. The third-order valence-electron chi connectivity index (χ3n) is 3.99. The monoisotopic (exact) mass is 312 g/mol. The predicted molar refractivity (Wildman–Crippen MR) is 90.7 cm³/mol. The van der Waals surface area contributed by atoms with E-state index in [0.29, 0.717) is 13.2 Å². The normalized spacial score (nSPS) is 19.7. The molecule has 23 heavy (non-hydrogen) atoms. The first-order valence-corrected chi connectivity index (χ1v) is 8.19. The molecule has 0 saturated carbocycles. The second-order valence-corrected chi connectivity index (χ2v) is 6.36. The van der Waals surface area contributed by atoms with Crippen LogP contribution in [0.5, 0.6) is 5.75 Å². The first-order chi connectivity index (χ1) is 11.1. The van der Waals surface area contributed by atoms with Crippen molar-refractivity contribution < 1.29 is 14.2 Å². The Morgan fingerprint density at radius 2 is 1.74 bits per heavy atom. The third kappa shape index (κ3) is 4.57. The molecule has 1 heterocycles. The maximum absolute atomic E-state index is 6.00. The van der Waals surface area contributed by atoms with Crippen molar-refractivity contribution in [2.24, 2.45) is 0 Å². The minimum absolute atomic E-state index is 0.00724. The lowest BCUT2D eigenvalue weighted by Crippen LogP contribution is -2.25. The van der Waals surface area contributed by atoms with Gasteiger partial charge in [-0.2, -0.15) is 0 Å². The molecule has 0 N–H and O–H groups in total. The second-order valence-electron chi connectivity index (χ2n) is 6.36. The quantitative estimate of drug-likeness (QED) is 0.807. The molecule has 3 nitrogen and oxygen atoms in total. The molecule has 3 rings (SSSR count). The Bertz CT molecular complexity index is 622. The molecule has 122 valence electrons. The number of ether oxygens (including phenoxy) is 3. The van der Waals surface area contributed by atoms with Crippen LogP contribution in [0.1, 0.15) is 25.0 Å². The number of benzene rings is 2. The van der Waals surface area contributed by atoms with E-state index in [1.165, 1.54) is 11.1 Å². The van der Waals surface area contributed by atoms with Gasteiger partial charge in [0.15, 0.2) is 5.79 Å². The Labute approximate surface area is 138 Å². The number of rotatable bonds is 6. The molecule has 0 amide bonds. The molecule has 1 atom stereocenters. The molecule has 1 saturated heterocycles. The van der Waals surface area contributed by atoms with Crippen LogP contribution in [0.25, 0.3) is 0 Å². The maximum Gasteiger partial charge on any atom is 0.163 e. The fourth-order valence-electron chi connectivity index (χ4n) is 2.80. The summed E-state index contributed by atoms with van der Waals surface area (Å²) in [5, 5.41) is 0. The lowest BCUT2D eigenvalue weighted by molar-refractivity contribution is -0.141. The van der Waals surface area contributed by atoms with Crippen molar-refractivity contribution in [1.82, 2.24) is 0 Å². The Morgan fingerprint density at radius 3 is 2.48 bits per heavy atom. The van der Waals surface area contributed by atoms with Crippen LogP contribution in [-0.2, 0) is 22.3 Å². The molecule has 2 aromatic carbocycles. The van der Waals surface area contributed by atoms with Gasteiger partial charge in [0.25, 0.3) is 0 Å². The van der Waals surface area contributed by atoms with E-state index in [0.717, 1.165) is 18.6 Å². The topological polar surface area (TPSA) is 27.7 Å². The van der Waals surface area contributed by atoms with E-state index in [1.54, 1.807) is 0 Å². The highest BCUT2D eigenvalue weighted by Gasteiger charge is 2.33. The third-order valence-corrected chi connectivity index (χ3v) is 3.99. The van der Waals surface area contributed by atoms with Crippen LogP contribution in [-0.4, -0.2) is 25.1 Å². The van der Waals surface area contributed by atoms with E-state index in [1.807, 2.05) is 32.0 Å². The van der Waals surface area contributed by atoms with E-state index in [-0.39, 0.29) is 6.10 Å². The molecular formula is C20H24O3. The van der Waals surface area contributed by atoms with Crippen molar-refractivity contribution in [3.63, 3.8) is 0 Å². The summed E-state index contributed by atoms with van der Waals surface area (Å²) in [6.07, 6.45) is 1.97. The van der Waals surface area contributed by atoms with Gasteiger partial charge in [0.2, 0.25) is 0 Å². The lowest BCUT2D eigenvalue weighted by atomic mass is 10.0. The number of para-hydroxylation sites is 1. The number of hydrogen-bond donors (Lipinski definition) is 0. The fourth-order valence-corrected chi connectivity index (χ4v) is 2.80. The van der Waals surface area contributed by atoms with Crippen molar-refractivity contribution in [3.8, 4) is 5.75 Å². The second kappa shape index (κ2) is 7.16. The van der Waals surface area contributed by atoms with Gasteiger partial charge in [-0.3, -0.25) is 0 Å². The van der Waals surface area contributed by atoms with E-state index >= 15 is 0 Å². The molecule has 1 unspecified atom stereocenters. The summed E-state index contributed by atoms with van der Waals surface area (Å²) < 4.78 is 17.4. The zero-order valence-electron chi connectivity index (χ0n) is 13.8. The van der Waals surface area contributed by atoms with Crippen LogP contribution in [0.2, 0.25) is 0 Å². The molecule has 1 fully saturated rings. The standard InChI is InChI=1S/C20H24O3/c1-20(2)22-15-18(23-20)14-21-19-11-7-6-10-17(19)13-12-16-8-4-3-5-9-16/h3-11,18H,12-15H2,1-2H3. The summed E-state index contributed by atoms with van der Waals surface area (Å²) in [6, 6.07) is 18.8. The Hall–Kier alpha value is -1.84. The van der Waals surface area contributed by atoms with E-state index in [4.69, 9.17) is 14.2 Å². The van der Waals surface area contributed by atoms with Crippen molar-refractivity contribution in [2.45, 2.75) is 38.6 Å². The SMILES string of the molecule is CC1(C)OCC(COc2ccccc2CCc2ccccc2)O1. The Balaban J connectivity index is 1.57. The van der Waals surface area contributed by atoms with Crippen LogP contribution in [0.3, 0.4) is 0 Å². The molecular weight excluding hydrogens is 288 g/mol. The van der Waals surface area contributed by atoms with Gasteiger partial charge < -0.3 is 14.2 Å². The van der Waals surface area contributed by atoms with E-state index in [9.17, 15) is 0 Å². The van der Waals surface area contributed by atoms with Crippen LogP contribution >= 0.6 is 0 Å². The highest BCUT2D eigenvalue weighted by Crippen LogP contribution is 2.25. The first-order valence-electron chi connectivity index (χ1n) is 8.19. The smallest absolute Gasteiger partial charge is 0.163 e. The molecule has 3 heteroatoms. The Kier molecular flexibility index (Phi) is 4.99. The molecule has 0 aromatic heterocycles. The summed E-state index contributed by atoms with van der Waals surface area (Å²) >= 11 is 0. The zero-order valence-corrected chi connectivity index (χ0v) is 13.8. The van der Waals surface area contributed by atoms with E-state index in [2.05, 4.69) is 36.4 Å². The minimum Gasteiger partial charge on any atom is -0.491 e. The largest absolute Gasteiger partial charge is 0.491 e. The van der Waals surface area contributed by atoms with Crippen molar-refractivity contribution in [3.05, 3.63) is 65.7 Å². The van der Waals surface area contributed by atoms with Crippen LogP contribution in [0.15, 0.2) is 54.6 Å². The van der Waals surface area contributed by atoms with E-state index < -0.39 is 5.79 Å². The molecule has 1 aliphatic rings. The van der Waals surface area contributed by atoms with Crippen molar-refractivity contribution in [1.29, 1.82) is 0 Å². The lowest BCUT2D eigenvalue weighted by Gasteiger charge is -2.18. The minimum atomic E-state index is -0.499. The fraction of sp³-hybridized carbons (Fsp3) is 0.400. The molecule has 0 bridgehead atoms. The maximum atomic E-state index is 6.00. The highest BCUT2D eigenvalue weighted by molar-refractivity contribution is 5.34. The Morgan fingerprint density at radius 1 is 1.00 bits per heavy atom. The molecule has 0 spiro atoms. The van der Waals surface area contributed by atoms with Crippen LogP contribution in [0.4, 0.5) is 0 Å². The summed E-state index contributed by atoms with van der Waals surface area (Å²) in [5.41, 5.74) is 2.58. The van der Waals surface area contributed by atoms with Crippen molar-refractivity contribution in [2.75, 3.05) is 13.2 Å². The summed E-state index contributed by atoms with van der Waals surface area (Å²) in [7, 11) is 0. The van der Waals surface area contributed by atoms with Gasteiger partial charge in [-0.1, -0.05) is 48.5 Å². The van der Waals surface area contributed by atoms with Crippen LogP contribution < -0.4 is 4.74 Å². The van der Waals surface area contributed by atoms with Gasteiger partial charge in [0, 0.05) is 0 Å². The van der Waals surface area contributed by atoms with Crippen LogP contribution in [0, 0.1) is 0 Å². The molecule has 0 radical (unpaired) electrons. The highest BCUT2D eigenvalue weighted by atomic mass is 16.7. The number of hydrogen-bond acceptors (Lipinski definition) is 3. The van der Waals surface area contributed by atoms with Gasteiger partial charge in [0.1, 0.15) is 18.5 Å². The summed E-state index contributed by atoms with van der Waals surface area (Å²) in [4.78, 5) is 0. The van der Waals surface area contributed by atoms with Gasteiger partial charge >= 0.3 is 0 Å². The van der Waals surface area contributed by atoms with Gasteiger partial charge in [0.05, 0.1) is 6.61 Å². The number of aryl methyl sites for hydroxylation is 2. The van der Waals surface area contributed by atoms with Crippen molar-refractivity contribution >= 4 is 0 Å². The van der Waals surface area contributed by atoms with Gasteiger partial charge in [-0.25, -0.2) is 0 Å². The zero-order chi connectivity index (χ0) is 16.1. The average Bonchev–Trinajstić information content (AvgIpc) is 2.92. The first kappa shape index (κ1) is 16.0. The molecule has 0 aliphatic carbocycles. The average molecular weight is 312 g/mol.